The Morgan fingerprint density at radius 1 is 0.554 bits per heavy atom. The summed E-state index contributed by atoms with van der Waals surface area (Å²) in [4.78, 5) is 10.4. The minimum Gasteiger partial charge on any atom is -0.367 e. The monoisotopic (exact) mass is 942 g/mol. The van der Waals surface area contributed by atoms with Gasteiger partial charge in [-0.15, -0.1) is 40.6 Å². The number of hydrogen-bond donors (Lipinski definition) is 0. The molecule has 314 valence electrons. The first kappa shape index (κ1) is 40.8. The van der Waals surface area contributed by atoms with Gasteiger partial charge < -0.3 is 9.13 Å². The predicted octanol–water partition coefficient (Wildman–Crippen LogP) is 10.5. The molecule has 0 radical (unpaired) electrons. The molecule has 3 aromatic heterocycles. The van der Waals surface area contributed by atoms with Crippen LogP contribution in [0.15, 0.2) is 206 Å². The van der Waals surface area contributed by atoms with Gasteiger partial charge in [0.2, 0.25) is 0 Å². The number of fused-ring (bicyclic) bond motifs is 6. The normalized spacial score (nSPS) is 14.2. The van der Waals surface area contributed by atoms with Crippen LogP contribution in [-0.2, 0) is 32.9 Å². The summed E-state index contributed by atoms with van der Waals surface area (Å²) < 4.78 is 4.62. The first-order valence-corrected chi connectivity index (χ1v) is 24.1. The second-order valence-electron chi connectivity index (χ2n) is 17.6. The number of imidazole rings is 1. The van der Waals surface area contributed by atoms with Crippen molar-refractivity contribution in [3.63, 3.8) is 0 Å². The summed E-state index contributed by atoms with van der Waals surface area (Å²) in [6.07, 6.45) is 1.96. The zero-order chi connectivity index (χ0) is 43.0. The minimum atomic E-state index is -3.11. The number of rotatable bonds is 7. The third-order valence-electron chi connectivity index (χ3n) is 13.8. The quantitative estimate of drug-likeness (QED) is 0.0907. The third-order valence-corrected chi connectivity index (χ3v) is 18.4. The van der Waals surface area contributed by atoms with Crippen molar-refractivity contribution in [3.8, 4) is 17.1 Å². The number of aryl methyl sites for hydroxylation is 1. The Morgan fingerprint density at radius 3 is 1.91 bits per heavy atom. The van der Waals surface area contributed by atoms with E-state index in [9.17, 15) is 0 Å². The summed E-state index contributed by atoms with van der Waals surface area (Å²) in [6, 6.07) is 81.2. The molecule has 0 spiro atoms. The van der Waals surface area contributed by atoms with Gasteiger partial charge in [-0.1, -0.05) is 129 Å². The summed E-state index contributed by atoms with van der Waals surface area (Å²) in [5, 5.41) is 7.34. The molecule has 11 aromatic rings. The van der Waals surface area contributed by atoms with Gasteiger partial charge in [0.05, 0.1) is 33.6 Å². The van der Waals surface area contributed by atoms with Gasteiger partial charge in [-0.05, 0) is 75.6 Å². The van der Waals surface area contributed by atoms with Crippen LogP contribution in [0.2, 0.25) is 0 Å². The third kappa shape index (κ3) is 6.27. The molecular formula is C59H44N4PdSi. The molecule has 1 unspecified atom stereocenters. The molecule has 1 atom stereocenters. The molecule has 1 aliphatic carbocycles. The summed E-state index contributed by atoms with van der Waals surface area (Å²) in [7, 11) is -1.01. The van der Waals surface area contributed by atoms with E-state index in [4.69, 9.17) is 9.97 Å². The number of aromatic nitrogens is 4. The second-order valence-corrected chi connectivity index (χ2v) is 21.3. The van der Waals surface area contributed by atoms with Crippen LogP contribution in [0.5, 0.6) is 0 Å². The van der Waals surface area contributed by atoms with Crippen molar-refractivity contribution in [2.45, 2.75) is 25.2 Å². The Bertz CT molecular complexity index is 3520. The summed E-state index contributed by atoms with van der Waals surface area (Å²) >= 11 is 0. The largest absolute Gasteiger partial charge is 2.00 e. The van der Waals surface area contributed by atoms with E-state index in [2.05, 4.69) is 242 Å². The van der Waals surface area contributed by atoms with Crippen molar-refractivity contribution in [2.75, 3.05) is 0 Å². The van der Waals surface area contributed by atoms with Crippen LogP contribution < -0.4 is 20.7 Å². The van der Waals surface area contributed by atoms with Crippen molar-refractivity contribution in [2.24, 2.45) is 7.05 Å². The molecule has 4 nitrogen and oxygen atoms in total. The van der Waals surface area contributed by atoms with E-state index in [1.165, 1.54) is 54.1 Å². The Hall–Kier alpha value is -6.94. The van der Waals surface area contributed by atoms with E-state index >= 15 is 0 Å². The SMILES string of the molecule is Cn1c(-c2[c-]c([Si](c3[c-]c(C4c5cc6c7ccccc7n(-c7ccccc7)c6cc5C(C)(C)c5cccnc54)ccc3)(c3ccccc3)c3ccccc3)ccc2)nc2ccccc21.[Pd+2]. The molecular weight excluding hydrogens is 899 g/mol. The van der Waals surface area contributed by atoms with Gasteiger partial charge in [0.25, 0.3) is 0 Å². The van der Waals surface area contributed by atoms with Crippen molar-refractivity contribution in [3.05, 3.63) is 246 Å². The van der Waals surface area contributed by atoms with E-state index in [0.717, 1.165) is 44.6 Å². The van der Waals surface area contributed by atoms with E-state index in [0.29, 0.717) is 0 Å². The molecule has 0 saturated carbocycles. The van der Waals surface area contributed by atoms with Crippen molar-refractivity contribution >= 4 is 61.7 Å². The van der Waals surface area contributed by atoms with Crippen LogP contribution in [0, 0.1) is 12.1 Å². The molecule has 3 heterocycles. The fourth-order valence-corrected chi connectivity index (χ4v) is 15.4. The molecule has 0 amide bonds. The molecule has 6 heteroatoms. The number of hydrogen-bond acceptors (Lipinski definition) is 2. The zero-order valence-corrected chi connectivity index (χ0v) is 38.9. The summed E-state index contributed by atoms with van der Waals surface area (Å²) in [6.45, 7) is 4.72. The number of nitrogens with zero attached hydrogens (tertiary/aromatic N) is 4. The fourth-order valence-electron chi connectivity index (χ4n) is 10.8. The topological polar surface area (TPSA) is 35.6 Å². The van der Waals surface area contributed by atoms with Crippen molar-refractivity contribution < 1.29 is 20.4 Å². The van der Waals surface area contributed by atoms with Crippen LogP contribution in [0.1, 0.15) is 47.7 Å². The Kier molecular flexibility index (Phi) is 10.0. The second kappa shape index (κ2) is 15.9. The molecule has 0 bridgehead atoms. The van der Waals surface area contributed by atoms with Crippen LogP contribution in [0.4, 0.5) is 0 Å². The first-order chi connectivity index (χ1) is 31.4. The van der Waals surface area contributed by atoms with Crippen LogP contribution in [0.3, 0.4) is 0 Å². The molecule has 0 fully saturated rings. The molecule has 1 aliphatic rings. The van der Waals surface area contributed by atoms with Crippen molar-refractivity contribution in [1.29, 1.82) is 0 Å². The van der Waals surface area contributed by atoms with Crippen molar-refractivity contribution in [1.82, 2.24) is 19.1 Å². The van der Waals surface area contributed by atoms with Crippen LogP contribution in [-0.4, -0.2) is 27.2 Å². The van der Waals surface area contributed by atoms with Gasteiger partial charge in [-0.25, -0.2) is 0 Å². The Balaban J connectivity index is 0.00000469. The maximum absolute atomic E-state index is 5.28. The van der Waals surface area contributed by atoms with Crippen LogP contribution >= 0.6 is 0 Å². The summed E-state index contributed by atoms with van der Waals surface area (Å²) in [5.41, 5.74) is 12.3. The number of benzene rings is 8. The molecule has 65 heavy (non-hydrogen) atoms. The first-order valence-electron chi connectivity index (χ1n) is 22.1. The predicted molar refractivity (Wildman–Crippen MR) is 266 cm³/mol. The van der Waals surface area contributed by atoms with Gasteiger partial charge in [-0.3, -0.25) is 9.97 Å². The Morgan fingerprint density at radius 2 is 1.18 bits per heavy atom. The average Bonchev–Trinajstić information content (AvgIpc) is 3.86. The number of pyridine rings is 1. The van der Waals surface area contributed by atoms with E-state index < -0.39 is 8.07 Å². The maximum Gasteiger partial charge on any atom is 2.00 e. The van der Waals surface area contributed by atoms with Gasteiger partial charge in [-0.2, -0.15) is 29.5 Å². The van der Waals surface area contributed by atoms with E-state index in [1.54, 1.807) is 0 Å². The molecule has 0 saturated heterocycles. The van der Waals surface area contributed by atoms with Gasteiger partial charge in [0.15, 0.2) is 0 Å². The van der Waals surface area contributed by atoms with Gasteiger partial charge in [0, 0.05) is 41.0 Å². The van der Waals surface area contributed by atoms with Gasteiger partial charge in [0.1, 0.15) is 8.07 Å². The molecule has 0 aliphatic heterocycles. The minimum absolute atomic E-state index is 0. The summed E-state index contributed by atoms with van der Waals surface area (Å²) in [5.74, 6) is 0.741. The van der Waals surface area contributed by atoms with E-state index in [-0.39, 0.29) is 31.8 Å². The fraction of sp³-hybridized carbons (Fsp3) is 0.0847. The molecule has 8 aromatic carbocycles. The standard InChI is InChI=1S/C59H44N4Si.Pd/c1-59(2)50-31-19-35-60-57(50)56(49-38-48-47-30-13-15-33-53(47)63(55(48)39-51(49)59)42-22-7-4-8-23-42)40-20-17-28-45(36-40)64(43-24-9-5-10-25-43,44-26-11-6-12-27-44)46-29-18-21-41(37-46)58-61-52-32-14-16-34-54(52)62(58)3;/h4-35,38-39,56H,1-3H3;/q-2;+2. The van der Waals surface area contributed by atoms with Gasteiger partial charge >= 0.3 is 20.4 Å². The number of para-hydroxylation sites is 4. The van der Waals surface area contributed by atoms with E-state index in [1.807, 2.05) is 6.20 Å². The average molecular weight is 944 g/mol. The van der Waals surface area contributed by atoms with Crippen LogP contribution in [0.25, 0.3) is 49.9 Å². The molecule has 0 N–H and O–H groups in total. The molecule has 12 rings (SSSR count). The Labute approximate surface area is 394 Å². The maximum atomic E-state index is 5.28. The zero-order valence-electron chi connectivity index (χ0n) is 36.3. The smallest absolute Gasteiger partial charge is 0.367 e.